The SMILES string of the molecule is COc1c(C)c2c(c(O)c1C/C=C1\CCC[C@H]1[C@H](C)C(=O)O)C(=O)OC2. The van der Waals surface area contributed by atoms with Crippen molar-refractivity contribution >= 4 is 11.9 Å². The topological polar surface area (TPSA) is 93.1 Å². The summed E-state index contributed by atoms with van der Waals surface area (Å²) in [6, 6.07) is 0. The Morgan fingerprint density at radius 2 is 2.19 bits per heavy atom. The third-order valence-electron chi connectivity index (χ3n) is 5.67. The first-order valence-corrected chi connectivity index (χ1v) is 8.86. The summed E-state index contributed by atoms with van der Waals surface area (Å²) < 4.78 is 10.6. The summed E-state index contributed by atoms with van der Waals surface area (Å²) >= 11 is 0. The molecule has 6 nitrogen and oxygen atoms in total. The van der Waals surface area contributed by atoms with E-state index in [1.54, 1.807) is 6.92 Å². The van der Waals surface area contributed by atoms with E-state index < -0.39 is 17.9 Å². The van der Waals surface area contributed by atoms with Crippen molar-refractivity contribution in [2.45, 2.75) is 46.1 Å². The Balaban J connectivity index is 1.98. The van der Waals surface area contributed by atoms with Crippen molar-refractivity contribution in [3.8, 4) is 11.5 Å². The number of rotatable bonds is 5. The van der Waals surface area contributed by atoms with Crippen molar-refractivity contribution in [1.29, 1.82) is 0 Å². The van der Waals surface area contributed by atoms with E-state index in [-0.39, 0.29) is 23.8 Å². The van der Waals surface area contributed by atoms with Gasteiger partial charge in [-0.2, -0.15) is 0 Å². The van der Waals surface area contributed by atoms with Gasteiger partial charge < -0.3 is 19.7 Å². The lowest BCUT2D eigenvalue weighted by Crippen LogP contribution is -2.19. The van der Waals surface area contributed by atoms with Crippen LogP contribution in [-0.2, 0) is 22.6 Å². The lowest BCUT2D eigenvalue weighted by molar-refractivity contribution is -0.142. The highest BCUT2D eigenvalue weighted by molar-refractivity contribution is 5.98. The molecule has 0 radical (unpaired) electrons. The monoisotopic (exact) mass is 360 g/mol. The van der Waals surface area contributed by atoms with Gasteiger partial charge in [-0.05, 0) is 44.1 Å². The Morgan fingerprint density at radius 3 is 2.85 bits per heavy atom. The van der Waals surface area contributed by atoms with Crippen LogP contribution in [0.1, 0.15) is 53.2 Å². The first kappa shape index (κ1) is 18.3. The van der Waals surface area contributed by atoms with Gasteiger partial charge in [-0.15, -0.1) is 0 Å². The number of esters is 1. The van der Waals surface area contributed by atoms with E-state index in [2.05, 4.69) is 0 Å². The van der Waals surface area contributed by atoms with Gasteiger partial charge in [0, 0.05) is 11.1 Å². The number of benzene rings is 1. The van der Waals surface area contributed by atoms with Crippen LogP contribution in [0.5, 0.6) is 11.5 Å². The van der Waals surface area contributed by atoms with E-state index >= 15 is 0 Å². The van der Waals surface area contributed by atoms with Gasteiger partial charge in [-0.25, -0.2) is 4.79 Å². The fraction of sp³-hybridized carbons (Fsp3) is 0.500. The number of phenolic OH excluding ortho intramolecular Hbond substituents is 1. The maximum Gasteiger partial charge on any atom is 0.342 e. The first-order valence-electron chi connectivity index (χ1n) is 8.86. The predicted octanol–water partition coefficient (Wildman–Crippen LogP) is 3.37. The van der Waals surface area contributed by atoms with Gasteiger partial charge in [0.25, 0.3) is 0 Å². The highest BCUT2D eigenvalue weighted by atomic mass is 16.5. The van der Waals surface area contributed by atoms with Gasteiger partial charge >= 0.3 is 11.9 Å². The summed E-state index contributed by atoms with van der Waals surface area (Å²) in [7, 11) is 1.54. The lowest BCUT2D eigenvalue weighted by atomic mass is 9.87. The van der Waals surface area contributed by atoms with Crippen molar-refractivity contribution < 1.29 is 29.3 Å². The standard InChI is InChI=1S/C20H24O6/c1-10-15-9-26-20(24)16(15)17(21)14(18(10)25-3)8-7-12-5-4-6-13(12)11(2)19(22)23/h7,11,13,21H,4-6,8-9H2,1-3H3,(H,22,23)/b12-7+/t11-,13-/m0/s1. The maximum atomic E-state index is 12.0. The van der Waals surface area contributed by atoms with Gasteiger partial charge in [0.2, 0.25) is 0 Å². The molecule has 2 atom stereocenters. The Labute approximate surface area is 152 Å². The minimum atomic E-state index is -0.792. The highest BCUT2D eigenvalue weighted by Crippen LogP contribution is 2.43. The number of methoxy groups -OCH3 is 1. The summed E-state index contributed by atoms with van der Waals surface area (Å²) in [6.07, 6.45) is 5.05. The number of ether oxygens (including phenoxy) is 2. The number of hydrogen-bond acceptors (Lipinski definition) is 5. The number of carbonyl (C=O) groups is 2. The summed E-state index contributed by atoms with van der Waals surface area (Å²) in [6.45, 7) is 3.73. The van der Waals surface area contributed by atoms with E-state index in [9.17, 15) is 19.8 Å². The number of hydrogen-bond donors (Lipinski definition) is 2. The van der Waals surface area contributed by atoms with Crippen LogP contribution in [0.4, 0.5) is 0 Å². The van der Waals surface area contributed by atoms with Crippen molar-refractivity contribution in [3.05, 3.63) is 33.9 Å². The molecule has 1 fully saturated rings. The molecule has 0 saturated heterocycles. The fourth-order valence-corrected chi connectivity index (χ4v) is 4.15. The molecular weight excluding hydrogens is 336 g/mol. The van der Waals surface area contributed by atoms with Crippen LogP contribution in [0.2, 0.25) is 0 Å². The van der Waals surface area contributed by atoms with Gasteiger partial charge in [0.05, 0.1) is 13.0 Å². The molecule has 0 amide bonds. The second kappa shape index (κ2) is 7.02. The molecule has 0 bridgehead atoms. The molecule has 2 N–H and O–H groups in total. The highest BCUT2D eigenvalue weighted by Gasteiger charge is 2.33. The Hall–Kier alpha value is -2.50. The number of cyclic esters (lactones) is 1. The minimum absolute atomic E-state index is 0.0149. The number of aliphatic carboxylic acids is 1. The molecule has 0 spiro atoms. The molecule has 1 aliphatic carbocycles. The Morgan fingerprint density at radius 1 is 1.46 bits per heavy atom. The minimum Gasteiger partial charge on any atom is -0.507 e. The molecule has 1 aliphatic heterocycles. The van der Waals surface area contributed by atoms with E-state index in [1.807, 2.05) is 13.0 Å². The average Bonchev–Trinajstić information content (AvgIpc) is 3.22. The predicted molar refractivity (Wildman–Crippen MR) is 94.4 cm³/mol. The van der Waals surface area contributed by atoms with E-state index in [0.717, 1.165) is 30.4 Å². The maximum absolute atomic E-state index is 12.0. The Kier molecular flexibility index (Phi) is 4.94. The zero-order valence-corrected chi connectivity index (χ0v) is 15.3. The summed E-state index contributed by atoms with van der Waals surface area (Å²) in [4.78, 5) is 23.3. The van der Waals surface area contributed by atoms with E-state index in [0.29, 0.717) is 23.3 Å². The lowest BCUT2D eigenvalue weighted by Gasteiger charge is -2.18. The van der Waals surface area contributed by atoms with Crippen molar-refractivity contribution in [1.82, 2.24) is 0 Å². The third kappa shape index (κ3) is 2.93. The molecule has 2 aliphatic rings. The van der Waals surface area contributed by atoms with Gasteiger partial charge in [-0.1, -0.05) is 18.6 Å². The zero-order chi connectivity index (χ0) is 19.0. The Bertz CT molecular complexity index is 792. The van der Waals surface area contributed by atoms with Gasteiger partial charge in [0.1, 0.15) is 23.7 Å². The molecule has 0 unspecified atom stereocenters. The van der Waals surface area contributed by atoms with Crippen LogP contribution >= 0.6 is 0 Å². The summed E-state index contributed by atoms with van der Waals surface area (Å²) in [5.74, 6) is -1.27. The molecule has 140 valence electrons. The number of aromatic hydroxyl groups is 1. The number of carboxylic acid groups (broad SMARTS) is 1. The van der Waals surface area contributed by atoms with E-state index in [4.69, 9.17) is 9.47 Å². The van der Waals surface area contributed by atoms with Crippen molar-refractivity contribution in [2.75, 3.05) is 7.11 Å². The molecule has 6 heteroatoms. The van der Waals surface area contributed by atoms with E-state index in [1.165, 1.54) is 7.11 Å². The second-order valence-electron chi connectivity index (χ2n) is 7.02. The smallest absolute Gasteiger partial charge is 0.342 e. The average molecular weight is 360 g/mol. The van der Waals surface area contributed by atoms with Crippen LogP contribution in [0.15, 0.2) is 11.6 Å². The van der Waals surface area contributed by atoms with Crippen LogP contribution in [0, 0.1) is 18.8 Å². The molecule has 1 aromatic carbocycles. The first-order chi connectivity index (χ1) is 12.4. The van der Waals surface area contributed by atoms with Crippen LogP contribution < -0.4 is 4.74 Å². The second-order valence-corrected chi connectivity index (χ2v) is 7.02. The zero-order valence-electron chi connectivity index (χ0n) is 15.3. The number of carbonyl (C=O) groups excluding carboxylic acids is 1. The van der Waals surface area contributed by atoms with Gasteiger partial charge in [-0.3, -0.25) is 4.79 Å². The molecule has 26 heavy (non-hydrogen) atoms. The summed E-state index contributed by atoms with van der Waals surface area (Å²) in [5.41, 5.74) is 3.32. The summed E-state index contributed by atoms with van der Waals surface area (Å²) in [5, 5.41) is 20.0. The number of carboxylic acids is 1. The fourth-order valence-electron chi connectivity index (χ4n) is 4.15. The molecule has 1 heterocycles. The largest absolute Gasteiger partial charge is 0.507 e. The normalized spacial score (nSPS) is 21.6. The van der Waals surface area contributed by atoms with Crippen LogP contribution in [-0.4, -0.2) is 29.3 Å². The molecule has 0 aromatic heterocycles. The molecular formula is C20H24O6. The molecule has 1 saturated carbocycles. The quantitative estimate of drug-likeness (QED) is 0.618. The molecule has 1 aromatic rings. The van der Waals surface area contributed by atoms with Crippen molar-refractivity contribution in [3.63, 3.8) is 0 Å². The van der Waals surface area contributed by atoms with Crippen LogP contribution in [0.25, 0.3) is 0 Å². The number of fused-ring (bicyclic) bond motifs is 1. The third-order valence-corrected chi connectivity index (χ3v) is 5.67. The number of phenols is 1. The van der Waals surface area contributed by atoms with Gasteiger partial charge in [0.15, 0.2) is 0 Å². The van der Waals surface area contributed by atoms with Crippen LogP contribution in [0.3, 0.4) is 0 Å². The molecule has 3 rings (SSSR count). The number of allylic oxidation sites excluding steroid dienone is 2. The van der Waals surface area contributed by atoms with Crippen molar-refractivity contribution in [2.24, 2.45) is 11.8 Å².